The molecule has 2 rings (SSSR count). The minimum absolute atomic E-state index is 0. The van der Waals surface area contributed by atoms with Crippen molar-refractivity contribution in [2.45, 2.75) is 0 Å². The molecule has 2 heterocycles. The minimum Gasteiger partial charge on any atom is -0.155 e. The van der Waals surface area contributed by atoms with Gasteiger partial charge < -0.3 is 0 Å². The molecule has 2 nitrogen and oxygen atoms in total. The monoisotopic (exact) mass is 260 g/mol. The first-order valence-electron chi connectivity index (χ1n) is 3.90. The van der Waals surface area contributed by atoms with Gasteiger partial charge in [-0.05, 0) is 6.07 Å². The Morgan fingerprint density at radius 3 is 2.31 bits per heavy atom. The smallest absolute Gasteiger partial charge is 0.155 e. The summed E-state index contributed by atoms with van der Waals surface area (Å²) in [6.45, 7) is 0. The van der Waals surface area contributed by atoms with Gasteiger partial charge in [0.25, 0.3) is 0 Å². The maximum atomic E-state index is 3.15. The fourth-order valence-electron chi connectivity index (χ4n) is 1.10. The van der Waals surface area contributed by atoms with Crippen LogP contribution < -0.4 is 9.55 Å². The Morgan fingerprint density at radius 2 is 1.69 bits per heavy atom. The molecular formula is C10H10N2Ru+2. The van der Waals surface area contributed by atoms with Gasteiger partial charge in [-0.15, -0.1) is 4.57 Å². The number of aromatic nitrogens is 2. The number of pyridine rings is 2. The Balaban J connectivity index is 0.000000845. The minimum atomic E-state index is 0. The Morgan fingerprint density at radius 1 is 0.923 bits per heavy atom. The molecule has 0 spiro atoms. The molecule has 0 aliphatic heterocycles. The summed E-state index contributed by atoms with van der Waals surface area (Å²) in [5.74, 6) is 1.07. The predicted molar refractivity (Wildman–Crippen MR) is 44.5 cm³/mol. The van der Waals surface area contributed by atoms with Crippen molar-refractivity contribution in [3.8, 4) is 5.82 Å². The van der Waals surface area contributed by atoms with E-state index in [1.54, 1.807) is 0 Å². The summed E-state index contributed by atoms with van der Waals surface area (Å²) in [6, 6.07) is 12.0. The van der Waals surface area contributed by atoms with Crippen LogP contribution in [-0.2, 0) is 19.5 Å². The maximum Gasteiger partial charge on any atom is 0.447 e. The Hall–Kier alpha value is -1.08. The van der Waals surface area contributed by atoms with E-state index in [-0.39, 0.29) is 19.5 Å². The number of nitrogens with one attached hydrogen (secondary N) is 1. The molecule has 66 valence electrons. The molecule has 0 bridgehead atoms. The van der Waals surface area contributed by atoms with Crippen LogP contribution in [0.1, 0.15) is 0 Å². The summed E-state index contributed by atoms with van der Waals surface area (Å²) in [4.78, 5) is 3.15. The van der Waals surface area contributed by atoms with Gasteiger partial charge in [0.05, 0.1) is 6.07 Å². The molecule has 0 saturated heterocycles. The van der Waals surface area contributed by atoms with Gasteiger partial charge in [0.2, 0.25) is 0 Å². The van der Waals surface area contributed by atoms with Crippen LogP contribution in [0.5, 0.6) is 0 Å². The second kappa shape index (κ2) is 4.83. The van der Waals surface area contributed by atoms with Crippen molar-refractivity contribution in [1.29, 1.82) is 0 Å². The van der Waals surface area contributed by atoms with Crippen molar-refractivity contribution in [3.05, 3.63) is 55.0 Å². The molecule has 3 heteroatoms. The summed E-state index contributed by atoms with van der Waals surface area (Å²) >= 11 is 0. The van der Waals surface area contributed by atoms with Crippen molar-refractivity contribution in [3.63, 3.8) is 0 Å². The van der Waals surface area contributed by atoms with Crippen molar-refractivity contribution < 1.29 is 29.0 Å². The average Bonchev–Trinajstić information content (AvgIpc) is 2.21. The van der Waals surface area contributed by atoms with Gasteiger partial charge in [0.15, 0.2) is 18.6 Å². The summed E-state index contributed by atoms with van der Waals surface area (Å²) in [5, 5.41) is 0. The maximum absolute atomic E-state index is 3.15. The largest absolute Gasteiger partial charge is 0.447 e. The van der Waals surface area contributed by atoms with Gasteiger partial charge in [-0.3, -0.25) is 0 Å². The first-order valence-corrected chi connectivity index (χ1v) is 3.90. The van der Waals surface area contributed by atoms with Gasteiger partial charge in [-0.2, -0.15) is 4.98 Å². The molecular weight excluding hydrogens is 249 g/mol. The molecule has 2 aromatic heterocycles. The van der Waals surface area contributed by atoms with Crippen LogP contribution in [0.3, 0.4) is 0 Å². The zero-order valence-electron chi connectivity index (χ0n) is 7.00. The summed E-state index contributed by atoms with van der Waals surface area (Å²) in [5.41, 5.74) is 0. The molecule has 0 radical (unpaired) electrons. The van der Waals surface area contributed by atoms with Crippen LogP contribution in [-0.4, -0.2) is 0 Å². The van der Waals surface area contributed by atoms with E-state index in [0.29, 0.717) is 0 Å². The first-order chi connectivity index (χ1) is 5.97. The SMILES string of the molecule is [Ru].c1cc[n+](-c2cccc[nH+]2)cc1. The van der Waals surface area contributed by atoms with Gasteiger partial charge in [0, 0.05) is 37.7 Å². The number of H-pyrrole nitrogens is 1. The fraction of sp³-hybridized carbons (Fsp3) is 0. The molecule has 0 aliphatic carbocycles. The number of hydrogen-bond donors (Lipinski definition) is 0. The number of rotatable bonds is 1. The molecule has 0 atom stereocenters. The molecule has 0 saturated carbocycles. The molecule has 0 aliphatic rings. The van der Waals surface area contributed by atoms with E-state index < -0.39 is 0 Å². The van der Waals surface area contributed by atoms with Crippen molar-refractivity contribution in [2.75, 3.05) is 0 Å². The summed E-state index contributed by atoms with van der Waals surface area (Å²) in [6.07, 6.45) is 5.92. The number of hydrogen-bond acceptors (Lipinski definition) is 0. The van der Waals surface area contributed by atoms with Crippen molar-refractivity contribution in [2.24, 2.45) is 0 Å². The Kier molecular flexibility index (Phi) is 3.72. The molecule has 1 N–H and O–H groups in total. The van der Waals surface area contributed by atoms with Gasteiger partial charge in [0.1, 0.15) is 0 Å². The van der Waals surface area contributed by atoms with Crippen LogP contribution in [0.4, 0.5) is 0 Å². The average molecular weight is 259 g/mol. The van der Waals surface area contributed by atoms with Crippen LogP contribution in [0.25, 0.3) is 5.82 Å². The molecule has 0 fully saturated rings. The molecule has 0 aromatic carbocycles. The van der Waals surface area contributed by atoms with Crippen LogP contribution in [0.15, 0.2) is 55.0 Å². The van der Waals surface area contributed by atoms with Gasteiger partial charge in [-0.1, -0.05) is 6.07 Å². The van der Waals surface area contributed by atoms with Crippen LogP contribution in [0, 0.1) is 0 Å². The quantitative estimate of drug-likeness (QED) is 0.532. The standard InChI is InChI=1S/C10H9N2.Ru/c1-4-8-12(9-5-1)10-6-2-3-7-11-10;/h1-9H;/q+1;/p+1. The topological polar surface area (TPSA) is 18.0 Å². The van der Waals surface area contributed by atoms with Crippen LogP contribution >= 0.6 is 0 Å². The van der Waals surface area contributed by atoms with E-state index in [1.807, 2.05) is 59.6 Å². The number of aromatic amines is 1. The van der Waals surface area contributed by atoms with E-state index in [9.17, 15) is 0 Å². The van der Waals surface area contributed by atoms with E-state index in [2.05, 4.69) is 4.98 Å². The Labute approximate surface area is 90.0 Å². The second-order valence-corrected chi connectivity index (χ2v) is 2.53. The molecule has 0 amide bonds. The third-order valence-corrected chi connectivity index (χ3v) is 1.69. The zero-order valence-corrected chi connectivity index (χ0v) is 8.74. The summed E-state index contributed by atoms with van der Waals surface area (Å²) in [7, 11) is 0. The third-order valence-electron chi connectivity index (χ3n) is 1.69. The van der Waals surface area contributed by atoms with Gasteiger partial charge >= 0.3 is 5.82 Å². The van der Waals surface area contributed by atoms with Gasteiger partial charge in [-0.25, -0.2) is 0 Å². The van der Waals surface area contributed by atoms with E-state index in [0.717, 1.165) is 5.82 Å². The zero-order chi connectivity index (χ0) is 8.23. The molecule has 13 heavy (non-hydrogen) atoms. The van der Waals surface area contributed by atoms with E-state index >= 15 is 0 Å². The second-order valence-electron chi connectivity index (χ2n) is 2.53. The van der Waals surface area contributed by atoms with Crippen molar-refractivity contribution >= 4 is 0 Å². The van der Waals surface area contributed by atoms with Crippen LogP contribution in [0.2, 0.25) is 0 Å². The first kappa shape index (κ1) is 10.0. The van der Waals surface area contributed by atoms with E-state index in [4.69, 9.17) is 0 Å². The van der Waals surface area contributed by atoms with Crippen molar-refractivity contribution in [1.82, 2.24) is 0 Å². The fourth-order valence-corrected chi connectivity index (χ4v) is 1.10. The predicted octanol–water partition coefficient (Wildman–Crippen LogP) is 0.775. The Bertz CT molecular complexity index is 310. The normalized spacial score (nSPS) is 8.92. The third kappa shape index (κ3) is 2.43. The summed E-state index contributed by atoms with van der Waals surface area (Å²) < 4.78 is 2.03. The van der Waals surface area contributed by atoms with E-state index in [1.165, 1.54) is 0 Å². The molecule has 0 unspecified atom stereocenters. The number of nitrogens with zero attached hydrogens (tertiary/aromatic N) is 1. The molecule has 2 aromatic rings.